The van der Waals surface area contributed by atoms with Crippen LogP contribution in [-0.2, 0) is 9.53 Å². The van der Waals surface area contributed by atoms with Crippen LogP contribution in [0.1, 0.15) is 0 Å². The first-order valence-electron chi connectivity index (χ1n) is 5.56. The number of anilines is 1. The van der Waals surface area contributed by atoms with Crippen LogP contribution in [-0.4, -0.2) is 62.5 Å². The Bertz CT molecular complexity index is 428. The van der Waals surface area contributed by atoms with Crippen LogP contribution in [0.3, 0.4) is 0 Å². The van der Waals surface area contributed by atoms with Crippen LogP contribution in [0.25, 0.3) is 0 Å². The smallest absolute Gasteiger partial charge is 0.313 e. The number of aromatic nitrogens is 1. The Morgan fingerprint density at radius 2 is 2.21 bits per heavy atom. The van der Waals surface area contributed by atoms with Crippen molar-refractivity contribution in [2.75, 3.05) is 11.9 Å². The van der Waals surface area contributed by atoms with E-state index in [1.54, 1.807) is 5.38 Å². The lowest BCUT2D eigenvalue weighted by Crippen LogP contribution is -2.59. The van der Waals surface area contributed by atoms with E-state index in [-0.39, 0.29) is 0 Å². The van der Waals surface area contributed by atoms with Crippen LogP contribution < -0.4 is 5.32 Å². The summed E-state index contributed by atoms with van der Waals surface area (Å²) in [7, 11) is 0. The summed E-state index contributed by atoms with van der Waals surface area (Å²) in [6.45, 7) is -0.527. The molecule has 1 aromatic heterocycles. The molecule has 0 aromatic carbocycles. The molecule has 0 aliphatic carbocycles. The molecule has 8 nitrogen and oxygen atoms in total. The van der Waals surface area contributed by atoms with Crippen molar-refractivity contribution in [3.63, 3.8) is 0 Å². The van der Waals surface area contributed by atoms with Crippen LogP contribution in [0.2, 0.25) is 0 Å². The zero-order valence-corrected chi connectivity index (χ0v) is 10.5. The van der Waals surface area contributed by atoms with Gasteiger partial charge in [-0.05, 0) is 0 Å². The Morgan fingerprint density at radius 3 is 2.74 bits per heavy atom. The van der Waals surface area contributed by atoms with Crippen LogP contribution in [0.15, 0.2) is 11.6 Å². The highest BCUT2D eigenvalue weighted by molar-refractivity contribution is 7.13. The molecule has 5 atom stereocenters. The highest BCUT2D eigenvalue weighted by Gasteiger charge is 2.48. The van der Waals surface area contributed by atoms with Crippen molar-refractivity contribution < 1.29 is 30.0 Å². The molecular formula is C10H14N2O6S. The zero-order chi connectivity index (χ0) is 14.0. The van der Waals surface area contributed by atoms with Gasteiger partial charge >= 0.3 is 5.97 Å². The van der Waals surface area contributed by atoms with Crippen molar-refractivity contribution >= 4 is 22.4 Å². The number of carbonyl (C=O) groups is 1. The van der Waals surface area contributed by atoms with Gasteiger partial charge in [-0.15, -0.1) is 11.3 Å². The van der Waals surface area contributed by atoms with Crippen molar-refractivity contribution in [1.82, 2.24) is 4.98 Å². The molecule has 1 aromatic rings. The minimum Gasteiger partial charge on any atom is -0.481 e. The molecule has 19 heavy (non-hydrogen) atoms. The third-order valence-corrected chi connectivity index (χ3v) is 3.61. The lowest BCUT2D eigenvalue weighted by Gasteiger charge is -2.40. The van der Waals surface area contributed by atoms with Gasteiger partial charge in [-0.2, -0.15) is 0 Å². The fourth-order valence-corrected chi connectivity index (χ4v) is 2.49. The van der Waals surface area contributed by atoms with E-state index in [0.717, 1.165) is 0 Å². The summed E-state index contributed by atoms with van der Waals surface area (Å²) in [5.41, 5.74) is 0. The van der Waals surface area contributed by atoms with Crippen molar-refractivity contribution in [1.29, 1.82) is 0 Å². The van der Waals surface area contributed by atoms with Gasteiger partial charge in [0.1, 0.15) is 30.5 Å². The van der Waals surface area contributed by atoms with Crippen LogP contribution >= 0.6 is 11.3 Å². The first kappa shape index (κ1) is 14.2. The van der Waals surface area contributed by atoms with Gasteiger partial charge in [0.15, 0.2) is 5.13 Å². The maximum absolute atomic E-state index is 11.2. The van der Waals surface area contributed by atoms with Crippen LogP contribution in [0.4, 0.5) is 5.13 Å². The molecule has 0 radical (unpaired) electrons. The van der Waals surface area contributed by atoms with E-state index in [2.05, 4.69) is 10.3 Å². The standard InChI is InChI=1S/C10H14N2O6S/c13-3-4-6(14)7(15)5(9(16)17)8(18-4)12-10-11-1-2-19-10/h1-2,4-8,13-15H,3H2,(H,11,12)(H,16,17)/t4-,5-,6-,7-,8?/m1/s1. The first-order chi connectivity index (χ1) is 9.04. The maximum atomic E-state index is 11.2. The van der Waals surface area contributed by atoms with Gasteiger partial charge < -0.3 is 30.5 Å². The highest BCUT2D eigenvalue weighted by atomic mass is 32.1. The molecule has 1 aliphatic heterocycles. The van der Waals surface area contributed by atoms with E-state index >= 15 is 0 Å². The Hall–Kier alpha value is -1.26. The summed E-state index contributed by atoms with van der Waals surface area (Å²) in [6, 6.07) is 0. The van der Waals surface area contributed by atoms with Gasteiger partial charge in [0.2, 0.25) is 0 Å². The molecule has 9 heteroatoms. The molecule has 2 heterocycles. The third kappa shape index (κ3) is 2.85. The second-order valence-electron chi connectivity index (χ2n) is 4.10. The molecule has 0 bridgehead atoms. The molecule has 106 valence electrons. The molecule has 2 rings (SSSR count). The molecule has 1 fully saturated rings. The van der Waals surface area contributed by atoms with E-state index in [1.165, 1.54) is 17.5 Å². The fourth-order valence-electron chi connectivity index (χ4n) is 1.93. The Balaban J connectivity index is 2.19. The lowest BCUT2D eigenvalue weighted by molar-refractivity contribution is -0.210. The normalized spacial score (nSPS) is 35.0. The SMILES string of the molecule is O=C(O)[C@H]1C(Nc2nccs2)O[C@H](CO)[C@@H](O)[C@@H]1O. The van der Waals surface area contributed by atoms with Gasteiger partial charge in [-0.1, -0.05) is 0 Å². The third-order valence-electron chi connectivity index (χ3n) is 2.91. The molecule has 5 N–H and O–H groups in total. The summed E-state index contributed by atoms with van der Waals surface area (Å²) in [4.78, 5) is 15.1. The van der Waals surface area contributed by atoms with Crippen molar-refractivity contribution in [3.8, 4) is 0 Å². The number of hydrogen-bond acceptors (Lipinski definition) is 8. The average Bonchev–Trinajstić information content (AvgIpc) is 2.86. The summed E-state index contributed by atoms with van der Waals surface area (Å²) in [6.07, 6.45) is -3.61. The monoisotopic (exact) mass is 290 g/mol. The number of nitrogens with zero attached hydrogens (tertiary/aromatic N) is 1. The van der Waals surface area contributed by atoms with Crippen molar-refractivity contribution in [2.45, 2.75) is 24.5 Å². The fraction of sp³-hybridized carbons (Fsp3) is 0.600. The quantitative estimate of drug-likeness (QED) is 0.462. The minimum atomic E-state index is -1.54. The Labute approximate surface area is 112 Å². The predicted octanol–water partition coefficient (Wildman–Crippen LogP) is -1.31. The predicted molar refractivity (Wildman–Crippen MR) is 64.6 cm³/mol. The zero-order valence-electron chi connectivity index (χ0n) is 9.71. The van der Waals surface area contributed by atoms with E-state index in [4.69, 9.17) is 14.9 Å². The molecule has 0 spiro atoms. The van der Waals surface area contributed by atoms with Crippen LogP contribution in [0.5, 0.6) is 0 Å². The molecule has 1 aliphatic rings. The van der Waals surface area contributed by atoms with Gasteiger partial charge in [-0.3, -0.25) is 4.79 Å². The molecular weight excluding hydrogens is 276 g/mol. The number of aliphatic hydroxyl groups excluding tert-OH is 3. The number of ether oxygens (including phenoxy) is 1. The number of aliphatic carboxylic acids is 1. The summed E-state index contributed by atoms with van der Waals surface area (Å²) in [5, 5.41) is 42.5. The minimum absolute atomic E-state index is 0.427. The van der Waals surface area contributed by atoms with Gasteiger partial charge in [-0.25, -0.2) is 4.98 Å². The Morgan fingerprint density at radius 1 is 1.47 bits per heavy atom. The van der Waals surface area contributed by atoms with Gasteiger partial charge in [0.05, 0.1) is 6.61 Å². The average molecular weight is 290 g/mol. The molecule has 0 amide bonds. The number of thiazole rings is 1. The first-order valence-corrected chi connectivity index (χ1v) is 6.44. The summed E-state index contributed by atoms with van der Waals surface area (Å²) in [5.74, 6) is -2.67. The van der Waals surface area contributed by atoms with E-state index in [9.17, 15) is 15.0 Å². The van der Waals surface area contributed by atoms with Crippen molar-refractivity contribution in [3.05, 3.63) is 11.6 Å². The largest absolute Gasteiger partial charge is 0.481 e. The number of carboxylic acids is 1. The number of hydrogen-bond donors (Lipinski definition) is 5. The van der Waals surface area contributed by atoms with Gasteiger partial charge in [0, 0.05) is 11.6 Å². The second kappa shape index (κ2) is 5.80. The van der Waals surface area contributed by atoms with E-state index < -0.39 is 43.0 Å². The molecule has 1 saturated heterocycles. The Kier molecular flexibility index (Phi) is 4.32. The van der Waals surface area contributed by atoms with E-state index in [1.807, 2.05) is 0 Å². The van der Waals surface area contributed by atoms with Gasteiger partial charge in [0.25, 0.3) is 0 Å². The molecule has 0 saturated carbocycles. The summed E-state index contributed by atoms with van der Waals surface area (Å²) >= 11 is 1.24. The topological polar surface area (TPSA) is 132 Å². The molecule has 1 unspecified atom stereocenters. The highest BCUT2D eigenvalue weighted by Crippen LogP contribution is 2.28. The summed E-state index contributed by atoms with van der Waals surface area (Å²) < 4.78 is 5.28. The number of rotatable bonds is 4. The van der Waals surface area contributed by atoms with E-state index in [0.29, 0.717) is 5.13 Å². The second-order valence-corrected chi connectivity index (χ2v) is 5.00. The van der Waals surface area contributed by atoms with Crippen LogP contribution in [0, 0.1) is 5.92 Å². The van der Waals surface area contributed by atoms with Crippen molar-refractivity contribution in [2.24, 2.45) is 5.92 Å². The number of nitrogens with one attached hydrogen (secondary N) is 1. The maximum Gasteiger partial charge on any atom is 0.313 e. The lowest BCUT2D eigenvalue weighted by atomic mass is 9.90. The number of carboxylic acid groups (broad SMARTS) is 1. The number of aliphatic hydroxyl groups is 3.